The fourth-order valence-electron chi connectivity index (χ4n) is 5.54. The number of ether oxygens (including phenoxy) is 1. The van der Waals surface area contributed by atoms with Gasteiger partial charge < -0.3 is 19.7 Å². The third-order valence-corrected chi connectivity index (χ3v) is 7.20. The van der Waals surface area contributed by atoms with Gasteiger partial charge in [-0.15, -0.1) is 0 Å². The molecule has 1 aliphatic rings. The molecule has 1 amide bonds. The van der Waals surface area contributed by atoms with E-state index in [0.29, 0.717) is 30.6 Å². The van der Waals surface area contributed by atoms with Gasteiger partial charge in [0.1, 0.15) is 17.6 Å². The second kappa shape index (κ2) is 11.9. The second-order valence-corrected chi connectivity index (χ2v) is 10.4. The molecule has 0 aliphatic carbocycles. The summed E-state index contributed by atoms with van der Waals surface area (Å²) in [4.78, 5) is 26.1. The number of para-hydroxylation sites is 1. The molecule has 3 aromatic carbocycles. The van der Waals surface area contributed by atoms with Gasteiger partial charge in [0.25, 0.3) is 5.91 Å². The number of nitrogens with one attached hydrogen (secondary N) is 1. The Labute approximate surface area is 233 Å². The van der Waals surface area contributed by atoms with Crippen LogP contribution < -0.4 is 5.32 Å². The molecule has 2 heterocycles. The van der Waals surface area contributed by atoms with E-state index in [1.54, 1.807) is 12.1 Å². The van der Waals surface area contributed by atoms with E-state index in [0.717, 1.165) is 27.9 Å². The average Bonchev–Trinajstić information content (AvgIpc) is 3.28. The van der Waals surface area contributed by atoms with Crippen LogP contribution >= 0.6 is 0 Å². The Balaban J connectivity index is 1.71. The highest BCUT2D eigenvalue weighted by Crippen LogP contribution is 2.43. The van der Waals surface area contributed by atoms with Crippen LogP contribution in [0.15, 0.2) is 84.9 Å². The Morgan fingerprint density at radius 1 is 0.975 bits per heavy atom. The van der Waals surface area contributed by atoms with Crippen molar-refractivity contribution in [2.75, 3.05) is 5.32 Å². The van der Waals surface area contributed by atoms with Crippen LogP contribution in [0.5, 0.6) is 0 Å². The van der Waals surface area contributed by atoms with Gasteiger partial charge in [0.2, 0.25) is 0 Å². The molecule has 2 N–H and O–H groups in total. The standard InChI is InChI=1S/C33H33FN2O4/c1-21(2)36-28(18-17-27-19-26(37)20-29(38)40-27)30(23-13-15-24(34)16-14-23)31(22-9-5-3-6-10-22)32(36)33(39)35-25-11-7-4-8-12-25/h3-16,21,26-27,37H,17-20H2,1-2H3,(H,35,39)/t26-,27?/m1/s1. The Morgan fingerprint density at radius 3 is 2.23 bits per heavy atom. The number of hydrogen-bond acceptors (Lipinski definition) is 4. The lowest BCUT2D eigenvalue weighted by Gasteiger charge is -2.26. The van der Waals surface area contributed by atoms with Gasteiger partial charge in [-0.05, 0) is 62.1 Å². The fourth-order valence-corrected chi connectivity index (χ4v) is 5.54. The molecule has 5 rings (SSSR count). The van der Waals surface area contributed by atoms with Crippen LogP contribution in [-0.4, -0.2) is 33.8 Å². The third kappa shape index (κ3) is 5.84. The van der Waals surface area contributed by atoms with Crippen LogP contribution in [0.2, 0.25) is 0 Å². The summed E-state index contributed by atoms with van der Waals surface area (Å²) in [6.45, 7) is 4.05. The first-order valence-electron chi connectivity index (χ1n) is 13.6. The van der Waals surface area contributed by atoms with Crippen molar-refractivity contribution in [3.63, 3.8) is 0 Å². The van der Waals surface area contributed by atoms with E-state index in [4.69, 9.17) is 4.74 Å². The molecule has 0 saturated carbocycles. The van der Waals surface area contributed by atoms with Crippen molar-refractivity contribution in [3.05, 3.63) is 102 Å². The Hall–Kier alpha value is -4.23. The monoisotopic (exact) mass is 540 g/mol. The zero-order valence-electron chi connectivity index (χ0n) is 22.6. The number of carbonyl (C=O) groups is 2. The highest BCUT2D eigenvalue weighted by molar-refractivity contribution is 6.11. The van der Waals surface area contributed by atoms with Gasteiger partial charge in [-0.25, -0.2) is 4.39 Å². The lowest BCUT2D eigenvalue weighted by molar-refractivity contribution is -0.160. The van der Waals surface area contributed by atoms with Crippen LogP contribution in [0, 0.1) is 5.82 Å². The fraction of sp³-hybridized carbons (Fsp3) is 0.273. The Bertz CT molecular complexity index is 1480. The number of esters is 1. The van der Waals surface area contributed by atoms with Crippen molar-refractivity contribution in [1.29, 1.82) is 0 Å². The molecule has 4 aromatic rings. The van der Waals surface area contributed by atoms with Gasteiger partial charge in [0.05, 0.1) is 12.5 Å². The van der Waals surface area contributed by atoms with Gasteiger partial charge in [0.15, 0.2) is 0 Å². The van der Waals surface area contributed by atoms with Crippen LogP contribution in [0.4, 0.5) is 10.1 Å². The predicted octanol–water partition coefficient (Wildman–Crippen LogP) is 6.79. The topological polar surface area (TPSA) is 80.6 Å². The molecule has 2 atom stereocenters. The van der Waals surface area contributed by atoms with E-state index in [-0.39, 0.29) is 24.2 Å². The van der Waals surface area contributed by atoms with E-state index < -0.39 is 18.2 Å². The zero-order chi connectivity index (χ0) is 28.2. The summed E-state index contributed by atoms with van der Waals surface area (Å²) in [5.74, 6) is -1.01. The summed E-state index contributed by atoms with van der Waals surface area (Å²) in [5, 5.41) is 13.2. The minimum Gasteiger partial charge on any atom is -0.462 e. The van der Waals surface area contributed by atoms with Crippen LogP contribution in [0.3, 0.4) is 0 Å². The van der Waals surface area contributed by atoms with E-state index in [1.165, 1.54) is 12.1 Å². The summed E-state index contributed by atoms with van der Waals surface area (Å²) >= 11 is 0. The zero-order valence-corrected chi connectivity index (χ0v) is 22.6. The number of aliphatic hydroxyl groups is 1. The quantitative estimate of drug-likeness (QED) is 0.241. The Morgan fingerprint density at radius 2 is 1.60 bits per heavy atom. The van der Waals surface area contributed by atoms with Crippen molar-refractivity contribution in [1.82, 2.24) is 4.57 Å². The van der Waals surface area contributed by atoms with Crippen molar-refractivity contribution < 1.29 is 23.8 Å². The third-order valence-electron chi connectivity index (χ3n) is 7.20. The van der Waals surface area contributed by atoms with Crippen LogP contribution in [0.1, 0.15) is 55.3 Å². The van der Waals surface area contributed by atoms with Crippen molar-refractivity contribution in [2.45, 2.75) is 57.8 Å². The number of nitrogens with zero attached hydrogens (tertiary/aromatic N) is 1. The number of halogens is 1. The van der Waals surface area contributed by atoms with Gasteiger partial charge >= 0.3 is 5.97 Å². The molecule has 1 aliphatic heterocycles. The van der Waals surface area contributed by atoms with Crippen LogP contribution in [0.25, 0.3) is 22.3 Å². The van der Waals surface area contributed by atoms with E-state index in [1.807, 2.05) is 79.1 Å². The first-order chi connectivity index (χ1) is 19.3. The summed E-state index contributed by atoms with van der Waals surface area (Å²) in [6, 6.07) is 25.2. The summed E-state index contributed by atoms with van der Waals surface area (Å²) in [6.07, 6.45) is 0.158. The molecule has 1 unspecified atom stereocenters. The first kappa shape index (κ1) is 27.3. The molecule has 40 heavy (non-hydrogen) atoms. The van der Waals surface area contributed by atoms with Crippen molar-refractivity contribution in [2.24, 2.45) is 0 Å². The molecule has 0 bridgehead atoms. The Kier molecular flexibility index (Phi) is 8.12. The molecule has 1 saturated heterocycles. The molecule has 0 radical (unpaired) electrons. The lowest BCUT2D eigenvalue weighted by Crippen LogP contribution is -2.33. The van der Waals surface area contributed by atoms with Gasteiger partial charge in [-0.3, -0.25) is 9.59 Å². The molecule has 6 nitrogen and oxygen atoms in total. The van der Waals surface area contributed by atoms with Crippen molar-refractivity contribution in [3.8, 4) is 22.3 Å². The van der Waals surface area contributed by atoms with Gasteiger partial charge in [0, 0.05) is 35.0 Å². The first-order valence-corrected chi connectivity index (χ1v) is 13.6. The predicted molar refractivity (Wildman–Crippen MR) is 153 cm³/mol. The number of aromatic nitrogens is 1. The molecular weight excluding hydrogens is 507 g/mol. The summed E-state index contributed by atoms with van der Waals surface area (Å²) in [7, 11) is 0. The number of rotatable bonds is 8. The van der Waals surface area contributed by atoms with E-state index in [9.17, 15) is 19.1 Å². The molecule has 7 heteroatoms. The summed E-state index contributed by atoms with van der Waals surface area (Å²) < 4.78 is 21.6. The molecular formula is C33H33FN2O4. The molecule has 0 spiro atoms. The highest BCUT2D eigenvalue weighted by atomic mass is 19.1. The average molecular weight is 541 g/mol. The number of benzene rings is 3. The normalized spacial score (nSPS) is 17.1. The molecule has 1 aromatic heterocycles. The molecule has 206 valence electrons. The number of amides is 1. The maximum atomic E-state index is 14.1. The number of carbonyl (C=O) groups excluding carboxylic acids is 2. The maximum absolute atomic E-state index is 14.1. The SMILES string of the molecule is CC(C)n1c(CCC2C[C@@H](O)CC(=O)O2)c(-c2ccc(F)cc2)c(-c2ccccc2)c1C(=O)Nc1ccccc1. The maximum Gasteiger partial charge on any atom is 0.308 e. The van der Waals surface area contributed by atoms with Gasteiger partial charge in [-0.1, -0.05) is 60.7 Å². The highest BCUT2D eigenvalue weighted by Gasteiger charge is 2.32. The van der Waals surface area contributed by atoms with Gasteiger partial charge in [-0.2, -0.15) is 0 Å². The largest absolute Gasteiger partial charge is 0.462 e. The number of anilines is 1. The lowest BCUT2D eigenvalue weighted by atomic mass is 9.92. The van der Waals surface area contributed by atoms with Crippen molar-refractivity contribution >= 4 is 17.6 Å². The minimum absolute atomic E-state index is 0.00165. The number of aliphatic hydroxyl groups excluding tert-OH is 1. The number of cyclic esters (lactones) is 1. The van der Waals surface area contributed by atoms with E-state index in [2.05, 4.69) is 5.32 Å². The number of hydrogen-bond donors (Lipinski definition) is 2. The summed E-state index contributed by atoms with van der Waals surface area (Å²) in [5.41, 5.74) is 5.29. The van der Waals surface area contributed by atoms with Crippen LogP contribution in [-0.2, 0) is 16.0 Å². The minimum atomic E-state index is -0.730. The smallest absolute Gasteiger partial charge is 0.308 e. The van der Waals surface area contributed by atoms with E-state index >= 15 is 0 Å². The second-order valence-electron chi connectivity index (χ2n) is 10.4. The molecule has 1 fully saturated rings.